The first-order valence-corrected chi connectivity index (χ1v) is 14.3. The molecule has 3 aliphatic rings. The van der Waals surface area contributed by atoms with Gasteiger partial charge < -0.3 is 24.4 Å². The van der Waals surface area contributed by atoms with Crippen molar-refractivity contribution in [3.05, 3.63) is 61.2 Å². The third-order valence-electron chi connectivity index (χ3n) is 8.83. The van der Waals surface area contributed by atoms with Gasteiger partial charge in [0.1, 0.15) is 17.6 Å². The third kappa shape index (κ3) is 5.00. The molecule has 3 fully saturated rings. The molecule has 4 rings (SSSR count). The van der Waals surface area contributed by atoms with Crippen molar-refractivity contribution in [3.63, 3.8) is 0 Å². The van der Waals surface area contributed by atoms with Gasteiger partial charge in [-0.1, -0.05) is 42.5 Å². The van der Waals surface area contributed by atoms with Gasteiger partial charge in [-0.15, -0.1) is 13.2 Å². The first kappa shape index (κ1) is 30.0. The van der Waals surface area contributed by atoms with Gasteiger partial charge in [-0.25, -0.2) is 0 Å². The van der Waals surface area contributed by atoms with Gasteiger partial charge >= 0.3 is 5.97 Å². The number of esters is 1. The predicted octanol–water partition coefficient (Wildman–Crippen LogP) is 4.20. The first-order valence-electron chi connectivity index (χ1n) is 14.3. The molecule has 2 bridgehead atoms. The number of ether oxygens (including phenoxy) is 2. The molecule has 1 N–H and O–H groups in total. The number of benzene rings is 1. The molecule has 3 aliphatic heterocycles. The summed E-state index contributed by atoms with van der Waals surface area (Å²) in [4.78, 5) is 45.8. The van der Waals surface area contributed by atoms with Crippen LogP contribution in [0.5, 0.6) is 0 Å². The van der Waals surface area contributed by atoms with Crippen LogP contribution in [0.4, 0.5) is 0 Å². The van der Waals surface area contributed by atoms with Gasteiger partial charge in [0.05, 0.1) is 30.8 Å². The van der Waals surface area contributed by atoms with Crippen molar-refractivity contribution in [1.82, 2.24) is 9.80 Å². The molecular weight excluding hydrogens is 508 g/mol. The van der Waals surface area contributed by atoms with Crippen LogP contribution in [0.1, 0.15) is 71.4 Å². The maximum atomic E-state index is 14.6. The fourth-order valence-corrected chi connectivity index (χ4v) is 6.99. The second-order valence-corrected chi connectivity index (χ2v) is 12.4. The Balaban J connectivity index is 1.78. The predicted molar refractivity (Wildman–Crippen MR) is 152 cm³/mol. The van der Waals surface area contributed by atoms with Crippen molar-refractivity contribution in [2.45, 2.75) is 88.6 Å². The lowest BCUT2D eigenvalue weighted by Gasteiger charge is -2.43. The molecule has 0 saturated carbocycles. The van der Waals surface area contributed by atoms with Gasteiger partial charge in [0.25, 0.3) is 0 Å². The number of rotatable bonds is 12. The van der Waals surface area contributed by atoms with Crippen molar-refractivity contribution in [3.8, 4) is 0 Å². The van der Waals surface area contributed by atoms with Crippen LogP contribution < -0.4 is 0 Å². The number of aliphatic hydroxyl groups excluding tert-OH is 1. The van der Waals surface area contributed by atoms with Crippen molar-refractivity contribution >= 4 is 17.8 Å². The lowest BCUT2D eigenvalue weighted by atomic mass is 9.66. The van der Waals surface area contributed by atoms with Crippen molar-refractivity contribution in [2.24, 2.45) is 11.8 Å². The minimum Gasteiger partial charge on any atom is -0.465 e. The van der Waals surface area contributed by atoms with Crippen LogP contribution in [0.2, 0.25) is 0 Å². The number of fused-ring (bicyclic) bond motifs is 1. The molecule has 2 amide bonds. The number of aliphatic hydroxyl groups is 1. The summed E-state index contributed by atoms with van der Waals surface area (Å²) in [6.07, 6.45) is 6.86. The number of nitrogens with zero attached hydrogens (tertiary/aromatic N) is 2. The highest BCUT2D eigenvalue weighted by atomic mass is 16.6. The van der Waals surface area contributed by atoms with E-state index in [1.807, 2.05) is 64.1 Å². The number of carbonyl (C=O) groups is 3. The molecule has 0 aromatic heterocycles. The minimum absolute atomic E-state index is 0.250. The second-order valence-electron chi connectivity index (χ2n) is 12.4. The quantitative estimate of drug-likeness (QED) is 0.237. The van der Waals surface area contributed by atoms with Crippen molar-refractivity contribution < 1.29 is 29.0 Å². The van der Waals surface area contributed by atoms with Gasteiger partial charge in [0.2, 0.25) is 11.8 Å². The Morgan fingerprint density at radius 2 is 1.90 bits per heavy atom. The van der Waals surface area contributed by atoms with E-state index in [4.69, 9.17) is 9.47 Å². The molecule has 8 nitrogen and oxygen atoms in total. The highest BCUT2D eigenvalue weighted by Crippen LogP contribution is 2.64. The van der Waals surface area contributed by atoms with Crippen LogP contribution in [0.25, 0.3) is 0 Å². The van der Waals surface area contributed by atoms with Crippen LogP contribution >= 0.6 is 0 Å². The third-order valence-corrected chi connectivity index (χ3v) is 8.83. The zero-order chi connectivity index (χ0) is 29.3. The molecule has 40 heavy (non-hydrogen) atoms. The summed E-state index contributed by atoms with van der Waals surface area (Å²) in [5.74, 6) is -2.82. The number of unbranched alkanes of at least 4 members (excludes halogenated alkanes) is 2. The average Bonchev–Trinajstić information content (AvgIpc) is 3.48. The molecule has 218 valence electrons. The van der Waals surface area contributed by atoms with E-state index in [-0.39, 0.29) is 31.6 Å². The summed E-state index contributed by atoms with van der Waals surface area (Å²) in [6.45, 7) is 15.4. The van der Waals surface area contributed by atoms with E-state index in [9.17, 15) is 19.5 Å². The standard InChI is InChI=1S/C32H44N2O6/c1-7-9-10-14-20-39-29(38)25-24-27(36)34(23(21-35)22-15-12-11-13-16-22)26(32(24)18-17-31(25,6)40-32)28(37)33(19-8-2)30(3,4)5/h7-8,11-13,15-16,23-26,35H,1-2,9-10,14,17-21H2,3-6H3/t23-,24+,25-,26?,31+,32?/m1/s1. The SMILES string of the molecule is C=CCCCCOC(=O)[C@H]1[C@H]2C(=O)N([C@H](CO)c3ccccc3)C(C(=O)N(CC=C)C(C)(C)C)C23CC[C@]1(C)O3. The Morgan fingerprint density at radius 3 is 2.50 bits per heavy atom. The summed E-state index contributed by atoms with van der Waals surface area (Å²) in [5.41, 5.74) is -1.99. The summed E-state index contributed by atoms with van der Waals surface area (Å²) in [7, 11) is 0. The Bertz CT molecular complexity index is 1130. The van der Waals surface area contributed by atoms with Gasteiger partial charge in [0.15, 0.2) is 0 Å². The fraction of sp³-hybridized carbons (Fsp3) is 0.594. The van der Waals surface area contributed by atoms with Gasteiger partial charge in [-0.2, -0.15) is 0 Å². The maximum Gasteiger partial charge on any atom is 0.312 e. The topological polar surface area (TPSA) is 96.4 Å². The Labute approximate surface area is 238 Å². The number of hydrogen-bond donors (Lipinski definition) is 1. The van der Waals surface area contributed by atoms with Crippen LogP contribution in [0, 0.1) is 11.8 Å². The lowest BCUT2D eigenvalue weighted by molar-refractivity contribution is -0.163. The van der Waals surface area contributed by atoms with E-state index in [1.165, 1.54) is 4.90 Å². The molecule has 2 unspecified atom stereocenters. The Hall–Kier alpha value is -2.97. The van der Waals surface area contributed by atoms with Crippen molar-refractivity contribution in [2.75, 3.05) is 19.8 Å². The van der Waals surface area contributed by atoms with E-state index >= 15 is 0 Å². The molecule has 1 aromatic carbocycles. The Morgan fingerprint density at radius 1 is 1.20 bits per heavy atom. The molecule has 0 radical (unpaired) electrons. The van der Waals surface area contributed by atoms with Gasteiger partial charge in [-0.05, 0) is 65.4 Å². The van der Waals surface area contributed by atoms with E-state index < -0.39 is 46.6 Å². The average molecular weight is 553 g/mol. The number of carbonyl (C=O) groups excluding carboxylic acids is 3. The summed E-state index contributed by atoms with van der Waals surface area (Å²) < 4.78 is 12.4. The summed E-state index contributed by atoms with van der Waals surface area (Å²) >= 11 is 0. The van der Waals surface area contributed by atoms with E-state index in [0.29, 0.717) is 24.8 Å². The molecule has 3 heterocycles. The largest absolute Gasteiger partial charge is 0.465 e. The molecule has 3 saturated heterocycles. The van der Waals surface area contributed by atoms with E-state index in [2.05, 4.69) is 13.2 Å². The van der Waals surface area contributed by atoms with Gasteiger partial charge in [0, 0.05) is 12.1 Å². The van der Waals surface area contributed by atoms with Crippen LogP contribution in [-0.2, 0) is 23.9 Å². The monoisotopic (exact) mass is 552 g/mol. The molecular formula is C32H44N2O6. The van der Waals surface area contributed by atoms with E-state index in [0.717, 1.165) is 12.8 Å². The number of allylic oxidation sites excluding steroid dienone is 1. The zero-order valence-corrected chi connectivity index (χ0v) is 24.3. The van der Waals surface area contributed by atoms with Crippen LogP contribution in [0.3, 0.4) is 0 Å². The highest BCUT2D eigenvalue weighted by Gasteiger charge is 2.79. The number of amides is 2. The van der Waals surface area contributed by atoms with Gasteiger partial charge in [-0.3, -0.25) is 14.4 Å². The molecule has 1 spiro atoms. The number of hydrogen-bond acceptors (Lipinski definition) is 6. The van der Waals surface area contributed by atoms with E-state index in [1.54, 1.807) is 11.0 Å². The zero-order valence-electron chi connectivity index (χ0n) is 24.3. The molecule has 6 atom stereocenters. The summed E-state index contributed by atoms with van der Waals surface area (Å²) in [6, 6.07) is 7.40. The molecule has 1 aromatic rings. The van der Waals surface area contributed by atoms with Crippen LogP contribution in [0.15, 0.2) is 55.6 Å². The first-order chi connectivity index (χ1) is 19.0. The Kier molecular flexibility index (Phi) is 8.62. The minimum atomic E-state index is -1.21. The van der Waals surface area contributed by atoms with Crippen molar-refractivity contribution in [1.29, 1.82) is 0 Å². The lowest BCUT2D eigenvalue weighted by Crippen LogP contribution is -2.60. The van der Waals surface area contributed by atoms with Crippen LogP contribution in [-0.4, -0.2) is 75.2 Å². The molecule has 8 heteroatoms. The second kappa shape index (κ2) is 11.5. The fourth-order valence-electron chi connectivity index (χ4n) is 6.99. The molecule has 0 aliphatic carbocycles. The normalized spacial score (nSPS) is 29.7. The highest BCUT2D eigenvalue weighted by molar-refractivity contribution is 5.99. The number of likely N-dealkylation sites (tertiary alicyclic amines) is 1. The maximum absolute atomic E-state index is 14.6. The summed E-state index contributed by atoms with van der Waals surface area (Å²) in [5, 5.41) is 10.6. The smallest absolute Gasteiger partial charge is 0.312 e.